The van der Waals surface area contributed by atoms with Crippen molar-refractivity contribution in [3.8, 4) is 16.9 Å². The number of carbonyl (C=O) groups is 5. The van der Waals surface area contributed by atoms with E-state index in [4.69, 9.17) is 18.9 Å². The maximum atomic E-state index is 13.8. The molecule has 0 heterocycles. The van der Waals surface area contributed by atoms with Gasteiger partial charge in [0.1, 0.15) is 38.2 Å². The monoisotopic (exact) mass is 907 g/mol. The van der Waals surface area contributed by atoms with E-state index in [0.717, 1.165) is 33.4 Å². The molecule has 0 radical (unpaired) electrons. The molecule has 5 aromatic carbocycles. The Hall–Kier alpha value is -7.51. The second-order valence-corrected chi connectivity index (χ2v) is 16.2. The van der Waals surface area contributed by atoms with Crippen LogP contribution in [0.3, 0.4) is 0 Å². The molecule has 3 amide bonds. The van der Waals surface area contributed by atoms with Crippen LogP contribution in [0.5, 0.6) is 5.75 Å². The number of carbonyl (C=O) groups excluding carboxylic acids is 5. The number of allylic oxidation sites excluding steroid dienone is 2. The Balaban J connectivity index is 1.05. The molecule has 0 bridgehead atoms. The van der Waals surface area contributed by atoms with E-state index in [1.807, 2.05) is 109 Å². The number of nitrogens with one attached hydrogen (secondary N) is 3. The summed E-state index contributed by atoms with van der Waals surface area (Å²) in [4.78, 5) is 67.7. The number of esters is 2. The highest BCUT2D eigenvalue weighted by atomic mass is 16.6. The van der Waals surface area contributed by atoms with Crippen LogP contribution in [0.2, 0.25) is 0 Å². The molecule has 348 valence electrons. The molecule has 5 aromatic rings. The van der Waals surface area contributed by atoms with Crippen LogP contribution < -0.4 is 20.7 Å². The van der Waals surface area contributed by atoms with Crippen molar-refractivity contribution in [1.82, 2.24) is 16.0 Å². The molecule has 0 spiro atoms. The molecule has 0 fully saturated rings. The Morgan fingerprint density at radius 3 is 1.84 bits per heavy atom. The van der Waals surface area contributed by atoms with E-state index < -0.39 is 60.5 Å². The molecular weight excluding hydrogens is 851 g/mol. The van der Waals surface area contributed by atoms with Gasteiger partial charge in [-0.3, -0.25) is 9.59 Å². The molecular formula is C54H57N3O10. The van der Waals surface area contributed by atoms with Crippen LogP contribution in [0, 0.1) is 5.92 Å². The molecule has 0 saturated heterocycles. The summed E-state index contributed by atoms with van der Waals surface area (Å²) in [6.45, 7) is 6.77. The molecule has 1 aliphatic carbocycles. The third-order valence-corrected chi connectivity index (χ3v) is 11.3. The van der Waals surface area contributed by atoms with E-state index >= 15 is 0 Å². The van der Waals surface area contributed by atoms with Gasteiger partial charge in [-0.25, -0.2) is 14.4 Å². The maximum absolute atomic E-state index is 13.8. The van der Waals surface area contributed by atoms with Gasteiger partial charge in [0.25, 0.3) is 0 Å². The minimum absolute atomic E-state index is 0.0224. The number of hydrogen-bond donors (Lipinski definition) is 4. The summed E-state index contributed by atoms with van der Waals surface area (Å²) in [6, 6.07) is 38.5. The Labute approximate surface area is 391 Å². The number of aliphatic hydroxyl groups is 1. The highest BCUT2D eigenvalue weighted by molar-refractivity contribution is 5.90. The highest BCUT2D eigenvalue weighted by Crippen LogP contribution is 2.44. The number of benzene rings is 5. The van der Waals surface area contributed by atoms with E-state index in [9.17, 15) is 29.1 Å². The lowest BCUT2D eigenvalue weighted by Crippen LogP contribution is -2.50. The maximum Gasteiger partial charge on any atom is 0.407 e. The van der Waals surface area contributed by atoms with Gasteiger partial charge in [0.05, 0.1) is 18.6 Å². The molecule has 1 aliphatic rings. The second kappa shape index (κ2) is 25.3. The molecule has 4 atom stereocenters. The number of hydrogen-bond acceptors (Lipinski definition) is 10. The first-order valence-corrected chi connectivity index (χ1v) is 22.3. The standard InChI is InChI=1S/C54H57N3O10/c1-3-5-25-48(57-54(63)67-35-47-45-23-14-12-21-43(45)44-22-13-15-24-46(44)47)52(61)66-36-49(53(62)65-34-39-19-10-7-11-20-39)56-51(60)40(16-4-2)31-50(59)55-41(32-58)30-37-26-28-42(29-27-37)64-33-38-17-8-6-9-18-38/h3-4,6-15,17-24,26-29,40-41,47-49,58H,1-2,5,16,25,30-36H2,(H,55,59)(H,56,60)(H,57,63). The van der Waals surface area contributed by atoms with Gasteiger partial charge >= 0.3 is 18.0 Å². The lowest BCUT2D eigenvalue weighted by molar-refractivity contribution is -0.156. The quantitative estimate of drug-likeness (QED) is 0.0260. The summed E-state index contributed by atoms with van der Waals surface area (Å²) in [7, 11) is 0. The normalized spacial score (nSPS) is 13.3. The van der Waals surface area contributed by atoms with Crippen molar-refractivity contribution >= 4 is 29.8 Å². The van der Waals surface area contributed by atoms with Crippen molar-refractivity contribution in [1.29, 1.82) is 0 Å². The molecule has 6 rings (SSSR count). The second-order valence-electron chi connectivity index (χ2n) is 16.2. The predicted octanol–water partition coefficient (Wildman–Crippen LogP) is 7.51. The van der Waals surface area contributed by atoms with Gasteiger partial charge in [0, 0.05) is 12.3 Å². The first kappa shape index (κ1) is 48.9. The SMILES string of the molecule is C=CCCC(NC(=O)OCC1c2ccccc2-c2ccccc21)C(=O)OCC(NC(=O)C(CC=C)CC(=O)NC(CO)Cc1ccc(OCc2ccccc2)cc1)C(=O)OCc1ccccc1. The van der Waals surface area contributed by atoms with Crippen LogP contribution in [0.15, 0.2) is 159 Å². The minimum Gasteiger partial charge on any atom is -0.489 e. The van der Waals surface area contributed by atoms with Gasteiger partial charge in [-0.2, -0.15) is 0 Å². The molecule has 13 heteroatoms. The number of rotatable bonds is 25. The Morgan fingerprint density at radius 1 is 0.627 bits per heavy atom. The molecule has 13 nitrogen and oxygen atoms in total. The smallest absolute Gasteiger partial charge is 0.407 e. The summed E-state index contributed by atoms with van der Waals surface area (Å²) in [5.41, 5.74) is 6.75. The highest BCUT2D eigenvalue weighted by Gasteiger charge is 2.33. The van der Waals surface area contributed by atoms with E-state index in [-0.39, 0.29) is 45.0 Å². The van der Waals surface area contributed by atoms with Crippen LogP contribution >= 0.6 is 0 Å². The summed E-state index contributed by atoms with van der Waals surface area (Å²) in [5.74, 6) is -3.50. The minimum atomic E-state index is -1.49. The van der Waals surface area contributed by atoms with Crippen LogP contribution in [0.4, 0.5) is 4.79 Å². The molecule has 67 heavy (non-hydrogen) atoms. The van der Waals surface area contributed by atoms with Crippen LogP contribution in [-0.4, -0.2) is 72.9 Å². The number of alkyl carbamates (subject to hydrolysis) is 1. The van der Waals surface area contributed by atoms with Crippen molar-refractivity contribution < 1.29 is 48.0 Å². The van der Waals surface area contributed by atoms with Crippen molar-refractivity contribution in [3.05, 3.63) is 187 Å². The zero-order valence-electron chi connectivity index (χ0n) is 37.3. The first-order chi connectivity index (χ1) is 32.6. The lowest BCUT2D eigenvalue weighted by Gasteiger charge is -2.23. The van der Waals surface area contributed by atoms with Gasteiger partial charge in [-0.15, -0.1) is 13.2 Å². The topological polar surface area (TPSA) is 179 Å². The zero-order valence-corrected chi connectivity index (χ0v) is 37.3. The number of ether oxygens (including phenoxy) is 4. The number of amides is 3. The van der Waals surface area contributed by atoms with Gasteiger partial charge < -0.3 is 40.0 Å². The van der Waals surface area contributed by atoms with E-state index in [1.165, 1.54) is 6.08 Å². The lowest BCUT2D eigenvalue weighted by atomic mass is 9.98. The van der Waals surface area contributed by atoms with Crippen molar-refractivity contribution in [2.45, 2.75) is 69.4 Å². The van der Waals surface area contributed by atoms with E-state index in [1.54, 1.807) is 30.3 Å². The van der Waals surface area contributed by atoms with Crippen LogP contribution in [0.1, 0.15) is 59.4 Å². The van der Waals surface area contributed by atoms with Gasteiger partial charge in [0.15, 0.2) is 6.04 Å². The third kappa shape index (κ3) is 14.5. The van der Waals surface area contributed by atoms with Crippen LogP contribution in [0.25, 0.3) is 11.1 Å². The molecule has 4 unspecified atom stereocenters. The van der Waals surface area contributed by atoms with E-state index in [0.29, 0.717) is 30.8 Å². The zero-order chi connectivity index (χ0) is 47.4. The van der Waals surface area contributed by atoms with Crippen molar-refractivity contribution in [2.24, 2.45) is 5.92 Å². The Morgan fingerprint density at radius 2 is 1.22 bits per heavy atom. The molecule has 0 saturated carbocycles. The van der Waals surface area contributed by atoms with Gasteiger partial charge in [-0.05, 0) is 76.8 Å². The third-order valence-electron chi connectivity index (χ3n) is 11.3. The summed E-state index contributed by atoms with van der Waals surface area (Å²) < 4.78 is 22.7. The summed E-state index contributed by atoms with van der Waals surface area (Å²) in [5, 5.41) is 18.2. The average molecular weight is 908 g/mol. The van der Waals surface area contributed by atoms with Crippen molar-refractivity contribution in [3.63, 3.8) is 0 Å². The van der Waals surface area contributed by atoms with E-state index in [2.05, 4.69) is 29.1 Å². The van der Waals surface area contributed by atoms with Gasteiger partial charge in [-0.1, -0.05) is 133 Å². The fourth-order valence-electron chi connectivity index (χ4n) is 7.77. The Kier molecular flexibility index (Phi) is 18.4. The number of fused-ring (bicyclic) bond motifs is 3. The number of aliphatic hydroxyl groups excluding tert-OH is 1. The first-order valence-electron chi connectivity index (χ1n) is 22.3. The summed E-state index contributed by atoms with van der Waals surface area (Å²) >= 11 is 0. The van der Waals surface area contributed by atoms with Crippen LogP contribution in [-0.2, 0) is 53.0 Å². The Bertz CT molecular complexity index is 2400. The fourth-order valence-corrected chi connectivity index (χ4v) is 7.77. The molecule has 0 aliphatic heterocycles. The largest absolute Gasteiger partial charge is 0.489 e. The fraction of sp³-hybridized carbons (Fsp3) is 0.278. The summed E-state index contributed by atoms with van der Waals surface area (Å²) in [6.07, 6.45) is 2.74. The molecule has 4 N–H and O–H groups in total. The molecule has 0 aromatic heterocycles. The average Bonchev–Trinajstić information content (AvgIpc) is 3.68. The van der Waals surface area contributed by atoms with Crippen molar-refractivity contribution in [2.75, 3.05) is 19.8 Å². The predicted molar refractivity (Wildman–Crippen MR) is 253 cm³/mol. The van der Waals surface area contributed by atoms with Gasteiger partial charge in [0.2, 0.25) is 11.8 Å².